The summed E-state index contributed by atoms with van der Waals surface area (Å²) in [5.74, 6) is 0.188. The van der Waals surface area contributed by atoms with E-state index in [9.17, 15) is 9.59 Å². The summed E-state index contributed by atoms with van der Waals surface area (Å²) in [6.07, 6.45) is 1.35. The van der Waals surface area contributed by atoms with E-state index in [4.69, 9.17) is 4.74 Å². The number of fused-ring (bicyclic) bond motifs is 1. The zero-order chi connectivity index (χ0) is 17.3. The molecule has 24 heavy (non-hydrogen) atoms. The third-order valence-corrected chi connectivity index (χ3v) is 4.62. The lowest BCUT2D eigenvalue weighted by atomic mass is 10.2. The average molecular weight is 344 g/mol. The number of para-hydroxylation sites is 1. The number of anilines is 1. The maximum absolute atomic E-state index is 12.5. The molecule has 1 N–H and O–H groups in total. The Morgan fingerprint density at radius 3 is 2.79 bits per heavy atom. The Kier molecular flexibility index (Phi) is 4.30. The Morgan fingerprint density at radius 1 is 1.33 bits per heavy atom. The third-order valence-electron chi connectivity index (χ3n) is 3.40. The van der Waals surface area contributed by atoms with Crippen molar-refractivity contribution >= 4 is 27.9 Å². The van der Waals surface area contributed by atoms with E-state index in [2.05, 4.69) is 15.4 Å². The van der Waals surface area contributed by atoms with Crippen molar-refractivity contribution < 1.29 is 9.53 Å². The molecule has 3 rings (SSSR count). The van der Waals surface area contributed by atoms with Crippen molar-refractivity contribution in [2.45, 2.75) is 19.8 Å². The molecule has 124 valence electrons. The van der Waals surface area contributed by atoms with Gasteiger partial charge in [0.1, 0.15) is 16.4 Å². The molecular formula is C16H16N4O3S. The van der Waals surface area contributed by atoms with Crippen LogP contribution in [-0.4, -0.2) is 27.6 Å². The van der Waals surface area contributed by atoms with E-state index in [-0.39, 0.29) is 11.6 Å². The Hall–Kier alpha value is -2.74. The zero-order valence-corrected chi connectivity index (χ0v) is 14.3. The van der Waals surface area contributed by atoms with Crippen molar-refractivity contribution in [1.29, 1.82) is 0 Å². The highest BCUT2D eigenvalue weighted by Gasteiger charge is 2.16. The van der Waals surface area contributed by atoms with Gasteiger partial charge in [-0.15, -0.1) is 0 Å². The van der Waals surface area contributed by atoms with Crippen molar-refractivity contribution in [3.05, 3.63) is 51.4 Å². The van der Waals surface area contributed by atoms with Crippen LogP contribution in [0.5, 0.6) is 5.75 Å². The fourth-order valence-corrected chi connectivity index (χ4v) is 3.00. The number of hydrogen-bond donors (Lipinski definition) is 1. The van der Waals surface area contributed by atoms with Gasteiger partial charge in [-0.3, -0.25) is 9.59 Å². The fraction of sp³-hybridized carbons (Fsp3) is 0.250. The van der Waals surface area contributed by atoms with Crippen LogP contribution in [0.25, 0.3) is 4.96 Å². The number of amides is 1. The Morgan fingerprint density at radius 2 is 2.08 bits per heavy atom. The van der Waals surface area contributed by atoms with Crippen molar-refractivity contribution in [2.75, 3.05) is 12.4 Å². The predicted molar refractivity (Wildman–Crippen MR) is 92.2 cm³/mol. The van der Waals surface area contributed by atoms with Gasteiger partial charge in [0.25, 0.3) is 11.5 Å². The lowest BCUT2D eigenvalue weighted by molar-refractivity contribution is 0.102. The molecule has 1 aromatic carbocycles. The summed E-state index contributed by atoms with van der Waals surface area (Å²) in [6, 6.07) is 6.79. The molecule has 0 fully saturated rings. The number of ether oxygens (including phenoxy) is 1. The van der Waals surface area contributed by atoms with Crippen LogP contribution < -0.4 is 15.6 Å². The van der Waals surface area contributed by atoms with Crippen LogP contribution in [0.1, 0.15) is 35.1 Å². The quantitative estimate of drug-likeness (QED) is 0.786. The molecule has 0 saturated carbocycles. The maximum atomic E-state index is 12.5. The molecule has 0 saturated heterocycles. The second-order valence-electron chi connectivity index (χ2n) is 5.42. The number of carbonyl (C=O) groups excluding carboxylic acids is 1. The summed E-state index contributed by atoms with van der Waals surface area (Å²) in [6.45, 7) is 3.99. The average Bonchev–Trinajstić information content (AvgIpc) is 3.02. The first-order chi connectivity index (χ1) is 11.5. The van der Waals surface area contributed by atoms with Gasteiger partial charge in [0.2, 0.25) is 4.96 Å². The number of methoxy groups -OCH3 is 1. The van der Waals surface area contributed by atoms with E-state index in [1.165, 1.54) is 29.2 Å². The number of aromatic nitrogens is 3. The lowest BCUT2D eigenvalue weighted by Gasteiger charge is -2.08. The van der Waals surface area contributed by atoms with Crippen LogP contribution >= 0.6 is 11.3 Å². The van der Waals surface area contributed by atoms with Crippen molar-refractivity contribution in [2.24, 2.45) is 0 Å². The molecule has 2 heterocycles. The fourth-order valence-electron chi connectivity index (χ4n) is 2.14. The van der Waals surface area contributed by atoms with Crippen molar-refractivity contribution in [3.63, 3.8) is 0 Å². The first kappa shape index (κ1) is 16.1. The molecule has 0 atom stereocenters. The van der Waals surface area contributed by atoms with Gasteiger partial charge >= 0.3 is 0 Å². The molecule has 7 nitrogen and oxygen atoms in total. The first-order valence-electron chi connectivity index (χ1n) is 7.34. The summed E-state index contributed by atoms with van der Waals surface area (Å²) >= 11 is 1.36. The Bertz CT molecular complexity index is 961. The van der Waals surface area contributed by atoms with Gasteiger partial charge in [-0.25, -0.2) is 4.98 Å². The van der Waals surface area contributed by atoms with Gasteiger partial charge in [0.05, 0.1) is 18.9 Å². The third kappa shape index (κ3) is 2.88. The largest absolute Gasteiger partial charge is 0.496 e. The Balaban J connectivity index is 1.97. The number of nitrogens with one attached hydrogen (secondary N) is 1. The standard InChI is InChI=1S/C16H16N4O3S/c1-9(2)14-19-20-15(22)11(8-17-16(20)24-14)18-13(21)10-6-4-5-7-12(10)23-3/h4-9H,1-3H3,(H,18,21). The molecule has 0 bridgehead atoms. The zero-order valence-electron chi connectivity index (χ0n) is 13.4. The predicted octanol–water partition coefficient (Wildman–Crippen LogP) is 2.54. The second kappa shape index (κ2) is 6.40. The number of benzene rings is 1. The molecule has 0 aliphatic rings. The highest BCUT2D eigenvalue weighted by atomic mass is 32.1. The summed E-state index contributed by atoms with van der Waals surface area (Å²) in [5.41, 5.74) is 0.000976. The molecule has 0 aliphatic carbocycles. The van der Waals surface area contributed by atoms with Crippen LogP contribution in [-0.2, 0) is 0 Å². The monoisotopic (exact) mass is 344 g/mol. The number of carbonyl (C=O) groups is 1. The van der Waals surface area contributed by atoms with E-state index >= 15 is 0 Å². The summed E-state index contributed by atoms with van der Waals surface area (Å²) < 4.78 is 6.38. The first-order valence-corrected chi connectivity index (χ1v) is 8.16. The van der Waals surface area contributed by atoms with Gasteiger partial charge in [-0.05, 0) is 12.1 Å². The minimum absolute atomic E-state index is 0.0732. The summed E-state index contributed by atoms with van der Waals surface area (Å²) in [5, 5.41) is 7.66. The summed E-state index contributed by atoms with van der Waals surface area (Å²) in [4.78, 5) is 29.6. The van der Waals surface area contributed by atoms with Gasteiger partial charge < -0.3 is 10.1 Å². The molecule has 8 heteroatoms. The minimum Gasteiger partial charge on any atom is -0.496 e. The molecule has 3 aromatic rings. The molecule has 1 amide bonds. The van der Waals surface area contributed by atoms with Crippen LogP contribution in [0.15, 0.2) is 35.3 Å². The van der Waals surface area contributed by atoms with Crippen LogP contribution in [0, 0.1) is 0 Å². The maximum Gasteiger partial charge on any atom is 0.298 e. The highest BCUT2D eigenvalue weighted by Crippen LogP contribution is 2.21. The second-order valence-corrected chi connectivity index (χ2v) is 6.41. The van der Waals surface area contributed by atoms with Gasteiger partial charge in [0, 0.05) is 5.92 Å². The van der Waals surface area contributed by atoms with E-state index in [1.54, 1.807) is 24.3 Å². The number of rotatable bonds is 4. The lowest BCUT2D eigenvalue weighted by Crippen LogP contribution is -2.23. The molecule has 0 aliphatic heterocycles. The molecule has 0 radical (unpaired) electrons. The van der Waals surface area contributed by atoms with Crippen LogP contribution in [0.2, 0.25) is 0 Å². The molecule has 0 unspecified atom stereocenters. The minimum atomic E-state index is -0.439. The van der Waals surface area contributed by atoms with Gasteiger partial charge in [-0.2, -0.15) is 9.61 Å². The van der Waals surface area contributed by atoms with E-state index in [0.29, 0.717) is 16.3 Å². The van der Waals surface area contributed by atoms with Crippen LogP contribution in [0.4, 0.5) is 5.69 Å². The van der Waals surface area contributed by atoms with E-state index in [1.807, 2.05) is 13.8 Å². The van der Waals surface area contributed by atoms with Crippen LogP contribution in [0.3, 0.4) is 0 Å². The Labute approximate surface area is 141 Å². The SMILES string of the molecule is COc1ccccc1C(=O)Nc1cnc2sc(C(C)C)nn2c1=O. The van der Waals surface area contributed by atoms with Gasteiger partial charge in [-0.1, -0.05) is 37.3 Å². The van der Waals surface area contributed by atoms with E-state index < -0.39 is 11.5 Å². The molecule has 2 aromatic heterocycles. The van der Waals surface area contributed by atoms with Gasteiger partial charge in [0.15, 0.2) is 0 Å². The number of hydrogen-bond acceptors (Lipinski definition) is 6. The topological polar surface area (TPSA) is 85.6 Å². The molecular weight excluding hydrogens is 328 g/mol. The van der Waals surface area contributed by atoms with Crippen molar-refractivity contribution in [3.8, 4) is 5.75 Å². The van der Waals surface area contributed by atoms with Crippen molar-refractivity contribution in [1.82, 2.24) is 14.6 Å². The highest BCUT2D eigenvalue weighted by molar-refractivity contribution is 7.16. The molecule has 0 spiro atoms. The normalized spacial score (nSPS) is 11.0. The summed E-state index contributed by atoms with van der Waals surface area (Å²) in [7, 11) is 1.48. The van der Waals surface area contributed by atoms with E-state index in [0.717, 1.165) is 5.01 Å². The number of nitrogens with zero attached hydrogens (tertiary/aromatic N) is 3. The smallest absolute Gasteiger partial charge is 0.298 e.